The standard InChI is InChI=1S/C17H21ClN2O/c1-13(16-8-3-4-9-17(16)18)20(2)10-11-21-15-7-5-6-14(19)12-15/h3-9,12-13H,10-11,19H2,1-2H3. The van der Waals surface area contributed by atoms with Gasteiger partial charge in [0.25, 0.3) is 0 Å². The van der Waals surface area contributed by atoms with Crippen LogP contribution < -0.4 is 10.5 Å². The number of hydrogen-bond acceptors (Lipinski definition) is 3. The maximum absolute atomic E-state index is 6.24. The van der Waals surface area contributed by atoms with E-state index in [-0.39, 0.29) is 6.04 Å². The Morgan fingerprint density at radius 3 is 2.67 bits per heavy atom. The SMILES string of the molecule is CC(c1ccccc1Cl)N(C)CCOc1cccc(N)c1. The van der Waals surface area contributed by atoms with Gasteiger partial charge < -0.3 is 10.5 Å². The molecule has 0 aromatic heterocycles. The minimum Gasteiger partial charge on any atom is -0.492 e. The van der Waals surface area contributed by atoms with E-state index in [4.69, 9.17) is 22.1 Å². The summed E-state index contributed by atoms with van der Waals surface area (Å²) >= 11 is 6.24. The van der Waals surface area contributed by atoms with E-state index in [1.807, 2.05) is 42.5 Å². The molecule has 21 heavy (non-hydrogen) atoms. The van der Waals surface area contributed by atoms with Crippen molar-refractivity contribution < 1.29 is 4.74 Å². The van der Waals surface area contributed by atoms with Crippen LogP contribution in [0.3, 0.4) is 0 Å². The number of benzene rings is 2. The molecule has 0 saturated heterocycles. The highest BCUT2D eigenvalue weighted by atomic mass is 35.5. The van der Waals surface area contributed by atoms with Crippen LogP contribution >= 0.6 is 11.6 Å². The predicted molar refractivity (Wildman–Crippen MR) is 88.8 cm³/mol. The van der Waals surface area contributed by atoms with Gasteiger partial charge in [-0.15, -0.1) is 0 Å². The second-order valence-corrected chi connectivity index (χ2v) is 5.51. The zero-order chi connectivity index (χ0) is 15.2. The van der Waals surface area contributed by atoms with Crippen LogP contribution in [-0.2, 0) is 0 Å². The first-order valence-electron chi connectivity index (χ1n) is 7.01. The van der Waals surface area contributed by atoms with Gasteiger partial charge in [0.1, 0.15) is 12.4 Å². The average Bonchev–Trinajstić information content (AvgIpc) is 2.47. The molecule has 1 atom stereocenters. The molecule has 3 nitrogen and oxygen atoms in total. The summed E-state index contributed by atoms with van der Waals surface area (Å²) < 4.78 is 5.72. The molecule has 0 aliphatic heterocycles. The van der Waals surface area contributed by atoms with E-state index >= 15 is 0 Å². The van der Waals surface area contributed by atoms with Gasteiger partial charge >= 0.3 is 0 Å². The zero-order valence-corrected chi connectivity index (χ0v) is 13.2. The first-order valence-corrected chi connectivity index (χ1v) is 7.38. The number of rotatable bonds is 6. The molecule has 0 amide bonds. The molecule has 2 aromatic rings. The molecule has 0 aliphatic carbocycles. The van der Waals surface area contributed by atoms with E-state index in [9.17, 15) is 0 Å². The topological polar surface area (TPSA) is 38.5 Å². The molecule has 112 valence electrons. The summed E-state index contributed by atoms with van der Waals surface area (Å²) in [6.45, 7) is 3.55. The minimum atomic E-state index is 0.239. The number of nitrogen functional groups attached to an aromatic ring is 1. The van der Waals surface area contributed by atoms with Crippen molar-refractivity contribution in [1.82, 2.24) is 4.90 Å². The Balaban J connectivity index is 1.87. The molecule has 1 unspecified atom stereocenters. The third-order valence-electron chi connectivity index (χ3n) is 3.59. The van der Waals surface area contributed by atoms with Gasteiger partial charge in [0, 0.05) is 29.4 Å². The van der Waals surface area contributed by atoms with E-state index in [2.05, 4.69) is 24.9 Å². The summed E-state index contributed by atoms with van der Waals surface area (Å²) in [5.74, 6) is 0.800. The fourth-order valence-electron chi connectivity index (χ4n) is 2.16. The molecule has 4 heteroatoms. The summed E-state index contributed by atoms with van der Waals surface area (Å²) in [5.41, 5.74) is 7.57. The monoisotopic (exact) mass is 304 g/mol. The molecule has 0 fully saturated rings. The lowest BCUT2D eigenvalue weighted by molar-refractivity contribution is 0.201. The molecular weight excluding hydrogens is 284 g/mol. The molecule has 0 aliphatic rings. The minimum absolute atomic E-state index is 0.239. The van der Waals surface area contributed by atoms with E-state index in [0.29, 0.717) is 12.3 Å². The number of likely N-dealkylation sites (N-methyl/N-ethyl adjacent to an activating group) is 1. The first kappa shape index (κ1) is 15.7. The molecule has 0 radical (unpaired) electrons. The summed E-state index contributed by atoms with van der Waals surface area (Å²) in [5, 5.41) is 0.800. The van der Waals surface area contributed by atoms with Crippen molar-refractivity contribution in [3.05, 3.63) is 59.1 Å². The average molecular weight is 305 g/mol. The largest absolute Gasteiger partial charge is 0.492 e. The van der Waals surface area contributed by atoms with Crippen LogP contribution in [0.25, 0.3) is 0 Å². The van der Waals surface area contributed by atoms with Gasteiger partial charge in [-0.1, -0.05) is 35.9 Å². The van der Waals surface area contributed by atoms with Gasteiger partial charge in [-0.3, -0.25) is 4.90 Å². The maximum Gasteiger partial charge on any atom is 0.121 e. The quantitative estimate of drug-likeness (QED) is 0.820. The molecule has 0 bridgehead atoms. The molecule has 2 N–H and O–H groups in total. The number of ether oxygens (including phenoxy) is 1. The van der Waals surface area contributed by atoms with Crippen molar-refractivity contribution in [2.24, 2.45) is 0 Å². The Kier molecular flexibility index (Phi) is 5.48. The van der Waals surface area contributed by atoms with E-state index in [0.717, 1.165) is 22.9 Å². The van der Waals surface area contributed by atoms with Crippen molar-refractivity contribution in [3.63, 3.8) is 0 Å². The smallest absolute Gasteiger partial charge is 0.121 e. The van der Waals surface area contributed by atoms with Crippen LogP contribution in [0.5, 0.6) is 5.75 Å². The van der Waals surface area contributed by atoms with E-state index in [1.54, 1.807) is 0 Å². The highest BCUT2D eigenvalue weighted by Gasteiger charge is 2.14. The highest BCUT2D eigenvalue weighted by Crippen LogP contribution is 2.26. The summed E-state index contributed by atoms with van der Waals surface area (Å²) in [7, 11) is 2.07. The second-order valence-electron chi connectivity index (χ2n) is 5.10. The van der Waals surface area contributed by atoms with Gasteiger partial charge in [0.05, 0.1) is 0 Å². The van der Waals surface area contributed by atoms with Crippen LogP contribution in [-0.4, -0.2) is 25.1 Å². The number of nitrogens with two attached hydrogens (primary N) is 1. The molecular formula is C17H21ClN2O. The Morgan fingerprint density at radius 2 is 1.95 bits per heavy atom. The lowest BCUT2D eigenvalue weighted by Crippen LogP contribution is -2.27. The lowest BCUT2D eigenvalue weighted by atomic mass is 10.1. The van der Waals surface area contributed by atoms with Gasteiger partial charge in [0.2, 0.25) is 0 Å². The third-order valence-corrected chi connectivity index (χ3v) is 3.93. The number of halogens is 1. The highest BCUT2D eigenvalue weighted by molar-refractivity contribution is 6.31. The van der Waals surface area contributed by atoms with Crippen molar-refractivity contribution in [2.75, 3.05) is 25.9 Å². The Labute approximate surface area is 131 Å². The number of anilines is 1. The Morgan fingerprint density at radius 1 is 1.19 bits per heavy atom. The third kappa shape index (κ3) is 4.38. The van der Waals surface area contributed by atoms with Crippen LogP contribution in [0.4, 0.5) is 5.69 Å². The molecule has 2 aromatic carbocycles. The van der Waals surface area contributed by atoms with Crippen LogP contribution in [0.1, 0.15) is 18.5 Å². The van der Waals surface area contributed by atoms with E-state index < -0.39 is 0 Å². The maximum atomic E-state index is 6.24. The predicted octanol–water partition coefficient (Wildman–Crippen LogP) is 3.99. The first-order chi connectivity index (χ1) is 10.1. The molecule has 0 spiro atoms. The fraction of sp³-hybridized carbons (Fsp3) is 0.294. The van der Waals surface area contributed by atoms with Crippen molar-refractivity contribution in [1.29, 1.82) is 0 Å². The van der Waals surface area contributed by atoms with Crippen LogP contribution in [0, 0.1) is 0 Å². The zero-order valence-electron chi connectivity index (χ0n) is 12.4. The van der Waals surface area contributed by atoms with Crippen molar-refractivity contribution >= 4 is 17.3 Å². The number of hydrogen-bond donors (Lipinski definition) is 1. The normalized spacial score (nSPS) is 12.4. The van der Waals surface area contributed by atoms with Gasteiger partial charge in [0.15, 0.2) is 0 Å². The van der Waals surface area contributed by atoms with Crippen LogP contribution in [0.15, 0.2) is 48.5 Å². The summed E-state index contributed by atoms with van der Waals surface area (Å²) in [4.78, 5) is 2.22. The molecule has 2 rings (SSSR count). The Bertz CT molecular complexity index is 589. The molecule has 0 saturated carbocycles. The van der Waals surface area contributed by atoms with Gasteiger partial charge in [-0.25, -0.2) is 0 Å². The molecule has 0 heterocycles. The van der Waals surface area contributed by atoms with Crippen molar-refractivity contribution in [2.45, 2.75) is 13.0 Å². The Hall–Kier alpha value is -1.71. The van der Waals surface area contributed by atoms with Crippen LogP contribution in [0.2, 0.25) is 5.02 Å². The van der Waals surface area contributed by atoms with Gasteiger partial charge in [-0.05, 0) is 37.7 Å². The van der Waals surface area contributed by atoms with E-state index in [1.165, 1.54) is 0 Å². The second kappa shape index (κ2) is 7.34. The summed E-state index contributed by atoms with van der Waals surface area (Å²) in [6, 6.07) is 15.6. The van der Waals surface area contributed by atoms with Crippen molar-refractivity contribution in [3.8, 4) is 5.75 Å². The lowest BCUT2D eigenvalue weighted by Gasteiger charge is -2.25. The van der Waals surface area contributed by atoms with Gasteiger partial charge in [-0.2, -0.15) is 0 Å². The summed E-state index contributed by atoms with van der Waals surface area (Å²) in [6.07, 6.45) is 0. The number of nitrogens with zero attached hydrogens (tertiary/aromatic N) is 1. The fourth-order valence-corrected chi connectivity index (χ4v) is 2.45.